The maximum atomic E-state index is 15.4. The second kappa shape index (κ2) is 34.1. The van der Waals surface area contributed by atoms with Gasteiger partial charge in [-0.2, -0.15) is 26.3 Å². The molecule has 8 rings (SSSR count). The van der Waals surface area contributed by atoms with Crippen LogP contribution in [0.1, 0.15) is 153 Å². The number of carbonyl (C=O) groups is 11. The van der Waals surface area contributed by atoms with Crippen LogP contribution in [-0.4, -0.2) is 239 Å². The quantitative estimate of drug-likeness (QED) is 0.168. The van der Waals surface area contributed by atoms with Gasteiger partial charge in [-0.3, -0.25) is 52.7 Å². The van der Waals surface area contributed by atoms with Crippen LogP contribution in [0.2, 0.25) is 0 Å². The lowest BCUT2D eigenvalue weighted by molar-refractivity contribution is -0.156. The van der Waals surface area contributed by atoms with Gasteiger partial charge < -0.3 is 59.9 Å². The fourth-order valence-electron chi connectivity index (χ4n) is 15.3. The number of nitrogens with one attached hydrogen (secondary N) is 3. The van der Waals surface area contributed by atoms with Crippen LogP contribution in [0.3, 0.4) is 0 Å². The number of ether oxygens (including phenoxy) is 1. The van der Waals surface area contributed by atoms with Crippen molar-refractivity contribution in [2.24, 2.45) is 11.8 Å². The van der Waals surface area contributed by atoms with E-state index in [9.17, 15) is 50.3 Å². The molecule has 2 bridgehead atoms. The highest BCUT2D eigenvalue weighted by atomic mass is 19.4. The second-order valence-corrected chi connectivity index (χ2v) is 28.4. The minimum Gasteiger partial charge on any atom is -0.377 e. The van der Waals surface area contributed by atoms with Crippen LogP contribution in [0.4, 0.5) is 35.1 Å². The van der Waals surface area contributed by atoms with Crippen molar-refractivity contribution in [1.82, 2.24) is 55.1 Å². The van der Waals surface area contributed by atoms with Gasteiger partial charge in [0.15, 0.2) is 0 Å². The lowest BCUT2D eigenvalue weighted by Crippen LogP contribution is -2.68. The molecule has 6 aliphatic rings. The lowest BCUT2D eigenvalue weighted by atomic mass is 9.74. The summed E-state index contributed by atoms with van der Waals surface area (Å²) in [5.41, 5.74) is -5.08. The number of hydrogen-bond acceptors (Lipinski definition) is 12. The van der Waals surface area contributed by atoms with E-state index in [2.05, 4.69) is 16.0 Å². The summed E-state index contributed by atoms with van der Waals surface area (Å²) in [5.74, 6) is -13.1. The number of benzene rings is 2. The van der Waals surface area contributed by atoms with Gasteiger partial charge >= 0.3 is 12.4 Å². The zero-order valence-electron chi connectivity index (χ0n) is 59.9. The van der Waals surface area contributed by atoms with Gasteiger partial charge in [-0.05, 0) is 131 Å². The summed E-state index contributed by atoms with van der Waals surface area (Å²) in [5, 5.41) is 8.33. The fourth-order valence-corrected chi connectivity index (χ4v) is 15.3. The molecular formula is C72H97F8N11O12. The zero-order chi connectivity index (χ0) is 75.7. The monoisotopic (exact) mass is 1460 g/mol. The number of rotatable bonds is 11. The van der Waals surface area contributed by atoms with E-state index < -0.39 is 198 Å². The summed E-state index contributed by atoms with van der Waals surface area (Å²) in [7, 11) is 6.74. The van der Waals surface area contributed by atoms with E-state index in [1.807, 2.05) is 0 Å². The maximum absolute atomic E-state index is 15.4. The average molecular weight is 1460 g/mol. The molecule has 3 N–H and O–H groups in total. The molecular weight excluding hydrogens is 1360 g/mol. The molecule has 2 aromatic carbocycles. The van der Waals surface area contributed by atoms with E-state index in [-0.39, 0.29) is 88.2 Å². The van der Waals surface area contributed by atoms with Gasteiger partial charge in [-0.15, -0.1) is 0 Å². The number of aryl methyl sites for hydroxylation is 1. The van der Waals surface area contributed by atoms with E-state index in [4.69, 9.17) is 4.74 Å². The van der Waals surface area contributed by atoms with Gasteiger partial charge in [0.25, 0.3) is 0 Å². The molecule has 103 heavy (non-hydrogen) atoms. The van der Waals surface area contributed by atoms with Gasteiger partial charge in [0, 0.05) is 86.8 Å². The van der Waals surface area contributed by atoms with Crippen LogP contribution in [0, 0.1) is 23.5 Å². The summed E-state index contributed by atoms with van der Waals surface area (Å²) in [6.45, 7) is 5.10. The molecule has 0 aromatic heterocycles. The Labute approximate surface area is 595 Å². The molecule has 11 amide bonds. The van der Waals surface area contributed by atoms with Gasteiger partial charge in [0.1, 0.15) is 65.0 Å². The predicted octanol–water partition coefficient (Wildman–Crippen LogP) is 6.18. The molecule has 10 atom stereocenters. The highest BCUT2D eigenvalue weighted by Gasteiger charge is 2.54. The minimum atomic E-state index is -5.44. The highest BCUT2D eigenvalue weighted by molar-refractivity contribution is 6.00. The van der Waals surface area contributed by atoms with Crippen molar-refractivity contribution in [2.45, 2.75) is 216 Å². The first-order valence-corrected chi connectivity index (χ1v) is 35.7. The Morgan fingerprint density at radius 1 is 0.631 bits per heavy atom. The summed E-state index contributed by atoms with van der Waals surface area (Å²) < 4.78 is 120. The SMILES string of the molecule is CCO[C@@H]1C[C@H]2C(=O)NC3(CCC3)C(=O)N(C)[C@@H](C3CCCC3)C(=O)N3CCC[C@@H]3CC(=O)N(C)[C@@H](CC)C(=O)N[C@@H]([C@@H](C)CC)C(=O)N(C)CC(=O)N(C)[C@H]3C/C=C\CCN(C3=O)[C@@H](Cc3ccc(C(F)(F)F)cc3)C(=O)N(C)CC(=O)N[C@@H](CCc3cc(F)c(C(F)(F)F)c(F)c3)C(=O)N2C1. The van der Waals surface area contributed by atoms with Crippen molar-refractivity contribution in [3.05, 3.63) is 82.4 Å². The number of hydrogen-bond donors (Lipinski definition) is 3. The van der Waals surface area contributed by atoms with Gasteiger partial charge in [-0.1, -0.05) is 64.3 Å². The van der Waals surface area contributed by atoms with Crippen LogP contribution in [0.25, 0.3) is 0 Å². The molecule has 5 fully saturated rings. The molecule has 2 saturated carbocycles. The first kappa shape index (κ1) is 80.4. The van der Waals surface area contributed by atoms with E-state index in [0.29, 0.717) is 50.7 Å². The Bertz CT molecular complexity index is 3470. The largest absolute Gasteiger partial charge is 0.422 e. The summed E-state index contributed by atoms with van der Waals surface area (Å²) in [6.07, 6.45) is -5.00. The number of amides is 11. The first-order chi connectivity index (χ1) is 48.5. The molecule has 4 heterocycles. The Kier molecular flexibility index (Phi) is 26.6. The van der Waals surface area contributed by atoms with Gasteiger partial charge in [0.05, 0.1) is 24.8 Å². The molecule has 31 heteroatoms. The van der Waals surface area contributed by atoms with Crippen molar-refractivity contribution in [3.8, 4) is 0 Å². The molecule has 3 saturated heterocycles. The van der Waals surface area contributed by atoms with E-state index >= 15 is 37.5 Å². The number of nitrogens with zero attached hydrogens (tertiary/aromatic N) is 8. The number of halogens is 8. The lowest BCUT2D eigenvalue weighted by Gasteiger charge is -2.46. The van der Waals surface area contributed by atoms with E-state index in [1.165, 1.54) is 38.0 Å². The maximum Gasteiger partial charge on any atom is 0.422 e. The van der Waals surface area contributed by atoms with Crippen LogP contribution in [-0.2, 0) is 82.7 Å². The van der Waals surface area contributed by atoms with E-state index in [0.717, 1.165) is 68.7 Å². The Balaban J connectivity index is 1.19. The molecule has 568 valence electrons. The van der Waals surface area contributed by atoms with Crippen molar-refractivity contribution in [2.75, 3.05) is 74.6 Å². The second-order valence-electron chi connectivity index (χ2n) is 28.4. The Morgan fingerprint density at radius 2 is 1.28 bits per heavy atom. The summed E-state index contributed by atoms with van der Waals surface area (Å²) >= 11 is 0. The number of carbonyl (C=O) groups excluding carboxylic acids is 11. The van der Waals surface area contributed by atoms with Crippen molar-refractivity contribution in [3.63, 3.8) is 0 Å². The normalized spacial score (nSPS) is 27.3. The molecule has 1 spiro atoms. The average Bonchev–Trinajstić information content (AvgIpc) is 1.74. The van der Waals surface area contributed by atoms with E-state index in [1.54, 1.807) is 44.7 Å². The van der Waals surface area contributed by atoms with Crippen molar-refractivity contribution >= 4 is 65.0 Å². The molecule has 2 aliphatic carbocycles. The smallest absolute Gasteiger partial charge is 0.377 e. The Morgan fingerprint density at radius 3 is 1.87 bits per heavy atom. The summed E-state index contributed by atoms with van der Waals surface area (Å²) in [6, 6.07) is -5.72. The third-order valence-corrected chi connectivity index (χ3v) is 21.6. The van der Waals surface area contributed by atoms with Crippen LogP contribution < -0.4 is 16.0 Å². The molecule has 0 radical (unpaired) electrons. The molecule has 23 nitrogen and oxygen atoms in total. The molecule has 0 unspecified atom stereocenters. The topological polar surface area (TPSA) is 259 Å². The van der Waals surface area contributed by atoms with Crippen molar-refractivity contribution in [1.29, 1.82) is 0 Å². The molecule has 4 aliphatic heterocycles. The van der Waals surface area contributed by atoms with Crippen molar-refractivity contribution < 1.29 is 92.6 Å². The van der Waals surface area contributed by atoms with Gasteiger partial charge in [-0.25, -0.2) is 8.78 Å². The predicted molar refractivity (Wildman–Crippen MR) is 359 cm³/mol. The summed E-state index contributed by atoms with van der Waals surface area (Å²) in [4.78, 5) is 174. The number of likely N-dealkylation sites (N-methyl/N-ethyl adjacent to an activating group) is 5. The zero-order valence-corrected chi connectivity index (χ0v) is 59.9. The first-order valence-electron chi connectivity index (χ1n) is 35.7. The number of fused-ring (bicyclic) bond motifs is 4. The number of alkyl halides is 6. The van der Waals surface area contributed by atoms with Crippen LogP contribution >= 0.6 is 0 Å². The fraction of sp³-hybridized carbons (Fsp3) is 0.653. The van der Waals surface area contributed by atoms with Crippen LogP contribution in [0.5, 0.6) is 0 Å². The third kappa shape index (κ3) is 18.6. The van der Waals surface area contributed by atoms with Crippen LogP contribution in [0.15, 0.2) is 48.6 Å². The van der Waals surface area contributed by atoms with Gasteiger partial charge in [0.2, 0.25) is 65.0 Å². The highest BCUT2D eigenvalue weighted by Crippen LogP contribution is 2.40. The Hall–Kier alpha value is -8.25. The minimum absolute atomic E-state index is 0.0866. The molecule has 2 aromatic rings. The standard InChI is InChI=1S/C72H97F8N11O12/c1-10-42(4)60-67(100)85(6)41-58(94)87(8)53-23-14-13-17-32-90(66(53)99)55(36-43-24-27-46(28-25-43)71(75,76)77)65(98)84(5)40-56(92)81-51(29-26-44-34-49(73)59(50(74)35-44)72(78,79)80)64(97)91-39-48(103-12-3)38-54(91)63(96)83-70(30-19-31-70)69(102)88(9)61(45-20-15-16-21-45)68(101)89-33-18-22-47(89)37-57(93)86(7)52(11-2)62(95)82-60/h13-14,24-25,27-28,34-35,42,45,47-48,51-55,60-61H,10-12,15-23,26,29-33,36-41H2,1-9H3,(H,81,92)(H,82,95)(H,83,96)/b14-13-/t42-,47+,48+,51-,52-,53-,54-,55-,60-,61-/m0/s1. The third-order valence-electron chi connectivity index (χ3n) is 21.6.